The number of carbonyl (C=O) groups excluding carboxylic acids is 1. The van der Waals surface area contributed by atoms with E-state index in [1.54, 1.807) is 12.1 Å². The summed E-state index contributed by atoms with van der Waals surface area (Å²) in [7, 11) is 0. The van der Waals surface area contributed by atoms with Gasteiger partial charge in [-0.15, -0.1) is 0 Å². The quantitative estimate of drug-likeness (QED) is 0.747. The molecule has 6 heteroatoms. The molecule has 1 aromatic rings. The Kier molecular flexibility index (Phi) is 5.18. The Hall–Kier alpha value is -1.75. The third-order valence-corrected chi connectivity index (χ3v) is 3.12. The monoisotopic (exact) mass is 284 g/mol. The van der Waals surface area contributed by atoms with Gasteiger partial charge >= 0.3 is 5.97 Å². The molecule has 1 unspecified atom stereocenters. The highest BCUT2D eigenvalue weighted by Crippen LogP contribution is 2.21. The Bertz CT molecular complexity index is 489. The zero-order valence-corrected chi connectivity index (χ0v) is 11.6. The summed E-state index contributed by atoms with van der Waals surface area (Å²) in [5.74, 6) is -2.05. The molecule has 1 rings (SSSR count). The van der Waals surface area contributed by atoms with Crippen molar-refractivity contribution in [3.8, 4) is 0 Å². The molecule has 0 aliphatic heterocycles. The fourth-order valence-corrected chi connectivity index (χ4v) is 1.87. The van der Waals surface area contributed by atoms with Crippen molar-refractivity contribution in [1.82, 2.24) is 0 Å². The van der Waals surface area contributed by atoms with E-state index in [-0.39, 0.29) is 18.0 Å². The number of anilines is 1. The number of rotatable bonds is 6. The molecule has 0 heterocycles. The summed E-state index contributed by atoms with van der Waals surface area (Å²) >= 11 is 5.79. The van der Waals surface area contributed by atoms with Gasteiger partial charge in [-0.3, -0.25) is 9.59 Å². The smallest absolute Gasteiger partial charge is 0.308 e. The number of carboxylic acid groups (broad SMARTS) is 1. The molecule has 1 amide bonds. The van der Waals surface area contributed by atoms with Gasteiger partial charge in [0.1, 0.15) is 0 Å². The van der Waals surface area contributed by atoms with Gasteiger partial charge in [0.15, 0.2) is 0 Å². The van der Waals surface area contributed by atoms with Gasteiger partial charge in [0.2, 0.25) is 0 Å². The third-order valence-electron chi connectivity index (χ3n) is 2.88. The van der Waals surface area contributed by atoms with Gasteiger partial charge in [-0.05, 0) is 24.1 Å². The highest BCUT2D eigenvalue weighted by atomic mass is 35.5. The maximum atomic E-state index is 11.3. The zero-order chi connectivity index (χ0) is 14.6. The fraction of sp³-hybridized carbons (Fsp3) is 0.385. The lowest BCUT2D eigenvalue weighted by molar-refractivity contribution is -0.142. The minimum atomic E-state index is -0.878. The first-order valence-corrected chi connectivity index (χ1v) is 6.26. The van der Waals surface area contributed by atoms with Crippen molar-refractivity contribution in [2.75, 3.05) is 11.9 Å². The summed E-state index contributed by atoms with van der Waals surface area (Å²) in [5, 5.41) is 12.4. The summed E-state index contributed by atoms with van der Waals surface area (Å²) in [6.07, 6.45) is 0. The van der Waals surface area contributed by atoms with Crippen LogP contribution in [0.5, 0.6) is 0 Å². The van der Waals surface area contributed by atoms with Crippen LogP contribution >= 0.6 is 11.6 Å². The van der Waals surface area contributed by atoms with Crippen molar-refractivity contribution in [2.45, 2.75) is 13.8 Å². The van der Waals surface area contributed by atoms with E-state index in [9.17, 15) is 9.59 Å². The van der Waals surface area contributed by atoms with Crippen LogP contribution in [0.2, 0.25) is 5.02 Å². The molecule has 4 N–H and O–H groups in total. The number of hydrogen-bond donors (Lipinski definition) is 3. The maximum Gasteiger partial charge on any atom is 0.308 e. The molecule has 0 aliphatic rings. The van der Waals surface area contributed by atoms with Gasteiger partial charge in [0.25, 0.3) is 5.91 Å². The molecule has 5 nitrogen and oxygen atoms in total. The molecular weight excluding hydrogens is 268 g/mol. The standard InChI is InChI=1S/C13H17ClN2O3/c1-7(2)10(13(18)19)6-16-11-4-3-8(14)5-9(11)12(15)17/h3-5,7,10,16H,6H2,1-2H3,(H2,15,17)(H,18,19). The minimum Gasteiger partial charge on any atom is -0.481 e. The van der Waals surface area contributed by atoms with Crippen LogP contribution in [0, 0.1) is 11.8 Å². The van der Waals surface area contributed by atoms with Crippen LogP contribution in [0.15, 0.2) is 18.2 Å². The SMILES string of the molecule is CC(C)C(CNc1ccc(Cl)cc1C(N)=O)C(=O)O. The van der Waals surface area contributed by atoms with Crippen LogP contribution in [0.3, 0.4) is 0 Å². The molecule has 19 heavy (non-hydrogen) atoms. The molecule has 0 aromatic heterocycles. The molecule has 0 spiro atoms. The van der Waals surface area contributed by atoms with Gasteiger partial charge in [0, 0.05) is 17.3 Å². The maximum absolute atomic E-state index is 11.3. The number of nitrogens with two attached hydrogens (primary N) is 1. The second kappa shape index (κ2) is 6.43. The Morgan fingerprint density at radius 1 is 1.42 bits per heavy atom. The molecule has 0 saturated carbocycles. The second-order valence-corrected chi connectivity index (χ2v) is 5.06. The first-order valence-electron chi connectivity index (χ1n) is 5.89. The lowest BCUT2D eigenvalue weighted by Gasteiger charge is -2.18. The van der Waals surface area contributed by atoms with E-state index in [1.165, 1.54) is 6.07 Å². The van der Waals surface area contributed by atoms with Gasteiger partial charge in [-0.2, -0.15) is 0 Å². The lowest BCUT2D eigenvalue weighted by atomic mass is 9.96. The topological polar surface area (TPSA) is 92.4 Å². The van der Waals surface area contributed by atoms with Gasteiger partial charge in [-0.25, -0.2) is 0 Å². The Morgan fingerprint density at radius 2 is 2.05 bits per heavy atom. The first-order chi connectivity index (χ1) is 8.82. The Balaban J connectivity index is 2.88. The third kappa shape index (κ3) is 4.13. The summed E-state index contributed by atoms with van der Waals surface area (Å²) in [4.78, 5) is 22.4. The highest BCUT2D eigenvalue weighted by Gasteiger charge is 2.21. The van der Waals surface area contributed by atoms with Crippen LogP contribution in [-0.2, 0) is 4.79 Å². The number of carboxylic acids is 1. The highest BCUT2D eigenvalue weighted by molar-refractivity contribution is 6.31. The van der Waals surface area contributed by atoms with E-state index < -0.39 is 17.8 Å². The predicted molar refractivity (Wildman–Crippen MR) is 74.4 cm³/mol. The molecule has 0 radical (unpaired) electrons. The number of aliphatic carboxylic acids is 1. The van der Waals surface area contributed by atoms with E-state index in [1.807, 2.05) is 13.8 Å². The van der Waals surface area contributed by atoms with Gasteiger partial charge < -0.3 is 16.2 Å². The summed E-state index contributed by atoms with van der Waals surface area (Å²) in [5.41, 5.74) is 6.00. The van der Waals surface area contributed by atoms with E-state index >= 15 is 0 Å². The van der Waals surface area contributed by atoms with Crippen molar-refractivity contribution in [2.24, 2.45) is 17.6 Å². The fourth-order valence-electron chi connectivity index (χ4n) is 1.70. The second-order valence-electron chi connectivity index (χ2n) is 4.62. The van der Waals surface area contributed by atoms with Gasteiger partial charge in [0.05, 0.1) is 11.5 Å². The summed E-state index contributed by atoms with van der Waals surface area (Å²) in [6, 6.07) is 4.68. The molecule has 0 fully saturated rings. The molecule has 1 atom stereocenters. The largest absolute Gasteiger partial charge is 0.481 e. The summed E-state index contributed by atoms with van der Waals surface area (Å²) < 4.78 is 0. The molecular formula is C13H17ClN2O3. The van der Waals surface area contributed by atoms with Crippen molar-refractivity contribution < 1.29 is 14.7 Å². The zero-order valence-electron chi connectivity index (χ0n) is 10.8. The Morgan fingerprint density at radius 3 is 2.53 bits per heavy atom. The number of benzene rings is 1. The van der Waals surface area contributed by atoms with E-state index in [2.05, 4.69) is 5.32 Å². The van der Waals surface area contributed by atoms with E-state index in [0.29, 0.717) is 10.7 Å². The van der Waals surface area contributed by atoms with Crippen LogP contribution in [-0.4, -0.2) is 23.5 Å². The number of primary amides is 1. The number of nitrogens with one attached hydrogen (secondary N) is 1. The average Bonchev–Trinajstić information content (AvgIpc) is 2.29. The predicted octanol–water partition coefficient (Wildman–Crippen LogP) is 2.21. The lowest BCUT2D eigenvalue weighted by Crippen LogP contribution is -2.28. The number of carbonyl (C=O) groups is 2. The number of hydrogen-bond acceptors (Lipinski definition) is 3. The molecule has 0 aliphatic carbocycles. The van der Waals surface area contributed by atoms with Gasteiger partial charge in [-0.1, -0.05) is 25.4 Å². The first kappa shape index (κ1) is 15.3. The minimum absolute atomic E-state index is 0.0191. The molecule has 0 saturated heterocycles. The van der Waals surface area contributed by atoms with Crippen LogP contribution in [0.25, 0.3) is 0 Å². The molecule has 104 valence electrons. The van der Waals surface area contributed by atoms with Crippen LogP contribution in [0.4, 0.5) is 5.69 Å². The average molecular weight is 285 g/mol. The van der Waals surface area contributed by atoms with Crippen LogP contribution < -0.4 is 11.1 Å². The van der Waals surface area contributed by atoms with Crippen molar-refractivity contribution >= 4 is 29.2 Å². The van der Waals surface area contributed by atoms with Crippen molar-refractivity contribution in [3.05, 3.63) is 28.8 Å². The molecule has 1 aromatic carbocycles. The van der Waals surface area contributed by atoms with Crippen molar-refractivity contribution in [1.29, 1.82) is 0 Å². The number of halogens is 1. The van der Waals surface area contributed by atoms with Crippen molar-refractivity contribution in [3.63, 3.8) is 0 Å². The Labute approximate surface area is 116 Å². The van der Waals surface area contributed by atoms with E-state index in [0.717, 1.165) is 0 Å². The van der Waals surface area contributed by atoms with Crippen LogP contribution in [0.1, 0.15) is 24.2 Å². The summed E-state index contributed by atoms with van der Waals surface area (Å²) in [6.45, 7) is 3.88. The number of amides is 1. The van der Waals surface area contributed by atoms with E-state index in [4.69, 9.17) is 22.4 Å². The normalized spacial score (nSPS) is 12.2. The molecule has 0 bridgehead atoms.